The van der Waals surface area contributed by atoms with Gasteiger partial charge in [0.05, 0.1) is 29.0 Å². The fraction of sp³-hybridized carbons (Fsp3) is 0.150. The number of nitrogens with one attached hydrogen (secondary N) is 1. The number of amides is 1. The van der Waals surface area contributed by atoms with Gasteiger partial charge < -0.3 is 26.3 Å². The second-order valence-corrected chi connectivity index (χ2v) is 7.26. The molecule has 1 amide bonds. The van der Waals surface area contributed by atoms with Crippen molar-refractivity contribution >= 4 is 40.7 Å². The minimum Gasteiger partial charge on any atom is -0.494 e. The molecule has 2 aromatic carbocycles. The number of thioether (sulfide) groups is 1. The molecule has 166 valence electrons. The second-order valence-electron chi connectivity index (χ2n) is 6.32. The second kappa shape index (κ2) is 10.3. The monoisotopic (exact) mass is 456 g/mol. The summed E-state index contributed by atoms with van der Waals surface area (Å²) < 4.78 is 11.1. The molecule has 0 aliphatic heterocycles. The third kappa shape index (κ3) is 6.47. The van der Waals surface area contributed by atoms with E-state index in [-0.39, 0.29) is 39.7 Å². The quantitative estimate of drug-likeness (QED) is 0.187. The van der Waals surface area contributed by atoms with Gasteiger partial charge in [0, 0.05) is 18.2 Å². The third-order valence-corrected chi connectivity index (χ3v) is 4.68. The van der Waals surface area contributed by atoms with E-state index in [4.69, 9.17) is 20.9 Å². The van der Waals surface area contributed by atoms with Gasteiger partial charge in [-0.25, -0.2) is 9.97 Å². The fourth-order valence-corrected chi connectivity index (χ4v) is 3.25. The number of hydrogen-bond donors (Lipinski definition) is 3. The van der Waals surface area contributed by atoms with E-state index in [1.54, 1.807) is 24.3 Å². The first-order chi connectivity index (χ1) is 15.3. The molecule has 32 heavy (non-hydrogen) atoms. The number of nitrogens with two attached hydrogens (primary N) is 2. The number of nitrogens with zero attached hydrogens (tertiary/aromatic N) is 3. The maximum atomic E-state index is 12.3. The highest BCUT2D eigenvalue weighted by Crippen LogP contribution is 2.30. The van der Waals surface area contributed by atoms with Crippen molar-refractivity contribution in [1.82, 2.24) is 9.97 Å². The first kappa shape index (κ1) is 22.6. The Balaban J connectivity index is 1.70. The van der Waals surface area contributed by atoms with E-state index in [1.165, 1.54) is 24.3 Å². The molecule has 12 heteroatoms. The van der Waals surface area contributed by atoms with Crippen molar-refractivity contribution in [3.63, 3.8) is 0 Å². The molecule has 11 nitrogen and oxygen atoms in total. The topological polar surface area (TPSA) is 169 Å². The molecular weight excluding hydrogens is 436 g/mol. The van der Waals surface area contributed by atoms with Crippen LogP contribution < -0.4 is 26.3 Å². The molecule has 0 unspecified atom stereocenters. The van der Waals surface area contributed by atoms with Crippen LogP contribution in [0.15, 0.2) is 53.7 Å². The summed E-state index contributed by atoms with van der Waals surface area (Å²) in [6.07, 6.45) is 0. The van der Waals surface area contributed by atoms with E-state index in [0.717, 1.165) is 11.8 Å². The SMILES string of the molecule is CCOc1ccc(Oc2cc(NC(=O)CSc3nc(N)cc(N)n3)cc([N+](=O)[O-])c2)cc1. The molecule has 0 aliphatic carbocycles. The lowest BCUT2D eigenvalue weighted by molar-refractivity contribution is -0.384. The van der Waals surface area contributed by atoms with Gasteiger partial charge in [-0.2, -0.15) is 0 Å². The summed E-state index contributed by atoms with van der Waals surface area (Å²) >= 11 is 1.03. The molecule has 1 aromatic heterocycles. The van der Waals surface area contributed by atoms with Crippen LogP contribution in [0.2, 0.25) is 0 Å². The number of nitro benzene ring substituents is 1. The van der Waals surface area contributed by atoms with Gasteiger partial charge >= 0.3 is 0 Å². The number of carbonyl (C=O) groups excluding carboxylic acids is 1. The summed E-state index contributed by atoms with van der Waals surface area (Å²) in [5.41, 5.74) is 11.2. The van der Waals surface area contributed by atoms with Crippen molar-refractivity contribution in [1.29, 1.82) is 0 Å². The average molecular weight is 456 g/mol. The lowest BCUT2D eigenvalue weighted by atomic mass is 10.2. The highest BCUT2D eigenvalue weighted by molar-refractivity contribution is 7.99. The van der Waals surface area contributed by atoms with Crippen LogP contribution in [0.3, 0.4) is 0 Å². The molecule has 5 N–H and O–H groups in total. The normalized spacial score (nSPS) is 10.4. The molecule has 0 spiro atoms. The van der Waals surface area contributed by atoms with Crippen LogP contribution in [0, 0.1) is 10.1 Å². The van der Waals surface area contributed by atoms with Crippen molar-refractivity contribution < 1.29 is 19.2 Å². The zero-order chi connectivity index (χ0) is 23.1. The number of rotatable bonds is 9. The Bertz CT molecular complexity index is 1110. The van der Waals surface area contributed by atoms with E-state index >= 15 is 0 Å². The number of ether oxygens (including phenoxy) is 2. The van der Waals surface area contributed by atoms with Crippen molar-refractivity contribution in [2.45, 2.75) is 12.1 Å². The van der Waals surface area contributed by atoms with Crippen molar-refractivity contribution in [2.75, 3.05) is 29.1 Å². The molecule has 0 saturated carbocycles. The average Bonchev–Trinajstić information content (AvgIpc) is 2.73. The molecular formula is C20H20N6O5S. The summed E-state index contributed by atoms with van der Waals surface area (Å²) in [7, 11) is 0. The van der Waals surface area contributed by atoms with E-state index in [1.807, 2.05) is 6.92 Å². The predicted octanol–water partition coefficient (Wildman–Crippen LogP) is 3.47. The highest BCUT2D eigenvalue weighted by Gasteiger charge is 2.14. The molecule has 0 radical (unpaired) electrons. The Labute approximate surface area is 187 Å². The first-order valence-electron chi connectivity index (χ1n) is 9.35. The van der Waals surface area contributed by atoms with Crippen LogP contribution in [0.4, 0.5) is 23.0 Å². The minimum absolute atomic E-state index is 0.0549. The minimum atomic E-state index is -0.571. The van der Waals surface area contributed by atoms with Gasteiger partial charge in [-0.05, 0) is 31.2 Å². The number of benzene rings is 2. The summed E-state index contributed by atoms with van der Waals surface area (Å²) in [6, 6.07) is 12.2. The van der Waals surface area contributed by atoms with Crippen LogP contribution in [0.25, 0.3) is 0 Å². The molecule has 3 aromatic rings. The molecule has 0 bridgehead atoms. The van der Waals surface area contributed by atoms with E-state index in [9.17, 15) is 14.9 Å². The largest absolute Gasteiger partial charge is 0.494 e. The third-order valence-electron chi connectivity index (χ3n) is 3.83. The molecule has 1 heterocycles. The maximum absolute atomic E-state index is 12.3. The van der Waals surface area contributed by atoms with Gasteiger partial charge in [0.2, 0.25) is 5.91 Å². The van der Waals surface area contributed by atoms with Gasteiger partial charge in [0.15, 0.2) is 5.16 Å². The van der Waals surface area contributed by atoms with Gasteiger partial charge in [0.1, 0.15) is 28.9 Å². The van der Waals surface area contributed by atoms with E-state index in [2.05, 4.69) is 15.3 Å². The summed E-state index contributed by atoms with van der Waals surface area (Å²) in [6.45, 7) is 2.41. The number of nitrogen functional groups attached to an aromatic ring is 2. The van der Waals surface area contributed by atoms with Crippen LogP contribution >= 0.6 is 11.8 Å². The standard InChI is InChI=1S/C20H20N6O5S/c1-2-30-14-3-5-15(6-4-14)31-16-8-12(7-13(9-16)26(28)29)23-19(27)11-32-20-24-17(21)10-18(22)25-20/h3-10H,2,11H2,1H3,(H,23,27)(H4,21,22,24,25). The van der Waals surface area contributed by atoms with Crippen LogP contribution in [0.1, 0.15) is 6.92 Å². The highest BCUT2D eigenvalue weighted by atomic mass is 32.2. The maximum Gasteiger partial charge on any atom is 0.275 e. The summed E-state index contributed by atoms with van der Waals surface area (Å²) in [5.74, 6) is 1.23. The van der Waals surface area contributed by atoms with Gasteiger partial charge in [0.25, 0.3) is 5.69 Å². The smallest absolute Gasteiger partial charge is 0.275 e. The summed E-state index contributed by atoms with van der Waals surface area (Å²) in [5, 5.41) is 14.2. The van der Waals surface area contributed by atoms with Gasteiger partial charge in [-0.3, -0.25) is 14.9 Å². The zero-order valence-corrected chi connectivity index (χ0v) is 17.8. The number of aromatic nitrogens is 2. The number of nitro groups is 1. The molecule has 0 fully saturated rings. The van der Waals surface area contributed by atoms with Crippen molar-refractivity contribution in [2.24, 2.45) is 0 Å². The first-order valence-corrected chi connectivity index (χ1v) is 10.3. The molecule has 0 atom stereocenters. The zero-order valence-electron chi connectivity index (χ0n) is 17.0. The lowest BCUT2D eigenvalue weighted by Gasteiger charge is -2.10. The Morgan fingerprint density at radius 3 is 2.34 bits per heavy atom. The van der Waals surface area contributed by atoms with E-state index in [0.29, 0.717) is 18.1 Å². The molecule has 0 saturated heterocycles. The van der Waals surface area contributed by atoms with Crippen LogP contribution in [0.5, 0.6) is 17.2 Å². The number of non-ortho nitro benzene ring substituents is 1. The van der Waals surface area contributed by atoms with Crippen molar-refractivity contribution in [3.8, 4) is 17.2 Å². The number of hydrogen-bond acceptors (Lipinski definition) is 10. The Hall–Kier alpha value is -4.06. The van der Waals surface area contributed by atoms with E-state index < -0.39 is 10.8 Å². The fourth-order valence-electron chi connectivity index (χ4n) is 2.58. The Kier molecular flexibility index (Phi) is 7.29. The molecule has 3 rings (SSSR count). The van der Waals surface area contributed by atoms with Crippen molar-refractivity contribution in [3.05, 3.63) is 58.6 Å². The summed E-state index contributed by atoms with van der Waals surface area (Å²) in [4.78, 5) is 31.0. The van der Waals surface area contributed by atoms with Crippen LogP contribution in [-0.4, -0.2) is 33.2 Å². The Morgan fingerprint density at radius 1 is 1.06 bits per heavy atom. The lowest BCUT2D eigenvalue weighted by Crippen LogP contribution is -2.14. The van der Waals surface area contributed by atoms with Crippen LogP contribution in [-0.2, 0) is 4.79 Å². The predicted molar refractivity (Wildman–Crippen MR) is 121 cm³/mol. The molecule has 0 aliphatic rings. The Morgan fingerprint density at radius 2 is 1.72 bits per heavy atom. The van der Waals surface area contributed by atoms with Gasteiger partial charge in [-0.1, -0.05) is 11.8 Å². The number of anilines is 3. The van der Waals surface area contributed by atoms with Gasteiger partial charge in [-0.15, -0.1) is 0 Å². The number of carbonyl (C=O) groups is 1.